The fraction of sp³-hybridized carbons (Fsp3) is 0.400. The van der Waals surface area contributed by atoms with Crippen molar-refractivity contribution in [2.45, 2.75) is 76.5 Å². The first-order chi connectivity index (χ1) is 22.4. The molecule has 0 aliphatic carbocycles. The van der Waals surface area contributed by atoms with Crippen LogP contribution in [0.15, 0.2) is 91.0 Å². The van der Waals surface area contributed by atoms with Crippen molar-refractivity contribution in [3.8, 4) is 0 Å². The van der Waals surface area contributed by atoms with Crippen molar-refractivity contribution in [2.24, 2.45) is 0 Å². The van der Waals surface area contributed by atoms with E-state index in [2.05, 4.69) is 10.6 Å². The summed E-state index contributed by atoms with van der Waals surface area (Å²) in [4.78, 5) is 37.8. The average Bonchev–Trinajstić information content (AvgIpc) is 3.08. The Morgan fingerprint density at radius 3 is 2.15 bits per heavy atom. The van der Waals surface area contributed by atoms with Gasteiger partial charge in [-0.1, -0.05) is 91.0 Å². The lowest BCUT2D eigenvalue weighted by molar-refractivity contribution is -0.351. The second-order valence-electron chi connectivity index (χ2n) is 11.2. The molecular formula is C35H40N2O9. The number of nitrogens with one attached hydrogen (secondary N) is 2. The quantitative estimate of drug-likeness (QED) is 0.272. The molecular weight excluding hydrogens is 592 g/mol. The summed E-state index contributed by atoms with van der Waals surface area (Å²) < 4.78 is 36.6. The second kappa shape index (κ2) is 16.4. The molecule has 0 radical (unpaired) electrons. The van der Waals surface area contributed by atoms with Crippen molar-refractivity contribution in [3.63, 3.8) is 0 Å². The van der Waals surface area contributed by atoms with Crippen LogP contribution < -0.4 is 10.6 Å². The topological polar surface area (TPSA) is 131 Å². The Hall–Kier alpha value is -4.13. The molecule has 0 aromatic heterocycles. The second-order valence-corrected chi connectivity index (χ2v) is 11.2. The zero-order valence-electron chi connectivity index (χ0n) is 25.9. The van der Waals surface area contributed by atoms with Gasteiger partial charge in [-0.3, -0.25) is 14.4 Å². The molecule has 0 spiro atoms. The van der Waals surface area contributed by atoms with Gasteiger partial charge in [0.15, 0.2) is 12.6 Å². The van der Waals surface area contributed by atoms with E-state index < -0.39 is 54.9 Å². The van der Waals surface area contributed by atoms with Gasteiger partial charge in [-0.25, -0.2) is 0 Å². The highest BCUT2D eigenvalue weighted by Crippen LogP contribution is 2.36. The van der Waals surface area contributed by atoms with Crippen LogP contribution in [0.1, 0.15) is 43.2 Å². The van der Waals surface area contributed by atoms with Gasteiger partial charge in [0.25, 0.3) is 0 Å². The van der Waals surface area contributed by atoms with Crippen LogP contribution in [0.4, 0.5) is 0 Å². The van der Waals surface area contributed by atoms with E-state index in [4.69, 9.17) is 28.4 Å². The van der Waals surface area contributed by atoms with Crippen LogP contribution in [0, 0.1) is 0 Å². The largest absolute Gasteiger partial charge is 0.461 e. The monoisotopic (exact) mass is 632 g/mol. The first kappa shape index (κ1) is 33.2. The van der Waals surface area contributed by atoms with Gasteiger partial charge >= 0.3 is 5.97 Å². The maximum absolute atomic E-state index is 13.1. The molecule has 2 fully saturated rings. The number of amides is 2. The molecule has 46 heavy (non-hydrogen) atoms. The third-order valence-electron chi connectivity index (χ3n) is 7.64. The summed E-state index contributed by atoms with van der Waals surface area (Å²) in [6.07, 6.45) is -4.78. The molecule has 0 saturated carbocycles. The van der Waals surface area contributed by atoms with Gasteiger partial charge < -0.3 is 39.1 Å². The maximum Gasteiger partial charge on any atom is 0.307 e. The number of carbonyl (C=O) groups is 3. The lowest BCUT2D eigenvalue weighted by Crippen LogP contribution is -2.68. The van der Waals surface area contributed by atoms with Gasteiger partial charge in [-0.2, -0.15) is 0 Å². The number of fused-ring (bicyclic) bond motifs is 1. The summed E-state index contributed by atoms with van der Waals surface area (Å²) in [5.41, 5.74) is 2.60. The van der Waals surface area contributed by atoms with Crippen molar-refractivity contribution in [3.05, 3.63) is 108 Å². The Labute approximate surface area is 268 Å². The van der Waals surface area contributed by atoms with E-state index in [-0.39, 0.29) is 38.7 Å². The molecule has 3 aromatic carbocycles. The maximum atomic E-state index is 13.1. The molecule has 0 bridgehead atoms. The smallest absolute Gasteiger partial charge is 0.307 e. The molecule has 3 aromatic rings. The van der Waals surface area contributed by atoms with E-state index >= 15 is 0 Å². The molecule has 7 atom stereocenters. The number of ether oxygens (including phenoxy) is 6. The molecule has 11 heteroatoms. The van der Waals surface area contributed by atoms with Crippen molar-refractivity contribution in [1.29, 1.82) is 0 Å². The van der Waals surface area contributed by atoms with Crippen LogP contribution >= 0.6 is 0 Å². The Kier molecular flexibility index (Phi) is 11.9. The molecule has 0 unspecified atom stereocenters. The van der Waals surface area contributed by atoms with E-state index in [0.29, 0.717) is 0 Å². The Morgan fingerprint density at radius 1 is 0.870 bits per heavy atom. The minimum atomic E-state index is -0.975. The summed E-state index contributed by atoms with van der Waals surface area (Å²) >= 11 is 0. The molecule has 2 amide bonds. The lowest BCUT2D eigenvalue weighted by Gasteiger charge is -2.49. The molecule has 2 heterocycles. The molecule has 2 aliphatic heterocycles. The highest BCUT2D eigenvalue weighted by molar-refractivity contribution is 5.81. The van der Waals surface area contributed by atoms with Crippen LogP contribution in [-0.2, 0) is 56.0 Å². The number of benzene rings is 3. The van der Waals surface area contributed by atoms with Gasteiger partial charge in [-0.15, -0.1) is 0 Å². The van der Waals surface area contributed by atoms with Crippen molar-refractivity contribution >= 4 is 17.8 Å². The third kappa shape index (κ3) is 9.21. The Bertz CT molecular complexity index is 1410. The fourth-order valence-electron chi connectivity index (χ4n) is 5.34. The SMILES string of the molecule is CC(=O)N[C@@H]1[C@H](OCc2ccccc2)O[C@H]2CO[C@@H](c3ccccc3)O[C@H]2[C@@H]1O[C@H](C)C(=O)NCCC(=O)OCc1ccccc1. The van der Waals surface area contributed by atoms with Crippen LogP contribution in [-0.4, -0.2) is 67.7 Å². The predicted octanol–water partition coefficient (Wildman–Crippen LogP) is 3.57. The van der Waals surface area contributed by atoms with Crippen molar-refractivity contribution in [2.75, 3.05) is 13.2 Å². The summed E-state index contributed by atoms with van der Waals surface area (Å²) in [5, 5.41) is 5.65. The number of hydrogen-bond donors (Lipinski definition) is 2. The van der Waals surface area contributed by atoms with Crippen LogP contribution in [0.2, 0.25) is 0 Å². The zero-order chi connectivity index (χ0) is 32.3. The van der Waals surface area contributed by atoms with Crippen LogP contribution in [0.3, 0.4) is 0 Å². The zero-order valence-corrected chi connectivity index (χ0v) is 25.9. The van der Waals surface area contributed by atoms with E-state index in [1.807, 2.05) is 91.0 Å². The van der Waals surface area contributed by atoms with E-state index in [0.717, 1.165) is 16.7 Å². The molecule has 2 N–H and O–H groups in total. The minimum absolute atomic E-state index is 0.00359. The first-order valence-electron chi connectivity index (χ1n) is 15.4. The molecule has 11 nitrogen and oxygen atoms in total. The number of esters is 1. The molecule has 2 saturated heterocycles. The fourth-order valence-corrected chi connectivity index (χ4v) is 5.34. The third-order valence-corrected chi connectivity index (χ3v) is 7.64. The number of hydrogen-bond acceptors (Lipinski definition) is 9. The predicted molar refractivity (Wildman–Crippen MR) is 166 cm³/mol. The van der Waals surface area contributed by atoms with Gasteiger partial charge in [0.05, 0.1) is 19.6 Å². The molecule has 244 valence electrons. The number of carbonyl (C=O) groups excluding carboxylic acids is 3. The van der Waals surface area contributed by atoms with E-state index in [1.165, 1.54) is 6.92 Å². The summed E-state index contributed by atoms with van der Waals surface area (Å²) in [6.45, 7) is 3.61. The highest BCUT2D eigenvalue weighted by Gasteiger charge is 2.52. The van der Waals surface area contributed by atoms with Gasteiger partial charge in [0.2, 0.25) is 11.8 Å². The van der Waals surface area contributed by atoms with E-state index in [1.54, 1.807) is 6.92 Å². The Morgan fingerprint density at radius 2 is 1.50 bits per heavy atom. The first-order valence-corrected chi connectivity index (χ1v) is 15.4. The van der Waals surface area contributed by atoms with Crippen molar-refractivity contribution in [1.82, 2.24) is 10.6 Å². The number of rotatable bonds is 13. The summed E-state index contributed by atoms with van der Waals surface area (Å²) in [6, 6.07) is 27.6. The normalized spacial score (nSPS) is 24.7. The molecule has 2 aliphatic rings. The van der Waals surface area contributed by atoms with Gasteiger partial charge in [0, 0.05) is 19.0 Å². The Balaban J connectivity index is 1.26. The highest BCUT2D eigenvalue weighted by atomic mass is 16.8. The van der Waals surface area contributed by atoms with Crippen LogP contribution in [0.5, 0.6) is 0 Å². The average molecular weight is 633 g/mol. The van der Waals surface area contributed by atoms with Gasteiger partial charge in [0.1, 0.15) is 37.1 Å². The minimum Gasteiger partial charge on any atom is -0.461 e. The van der Waals surface area contributed by atoms with E-state index in [9.17, 15) is 14.4 Å². The van der Waals surface area contributed by atoms with Crippen LogP contribution in [0.25, 0.3) is 0 Å². The molecule has 5 rings (SSSR count). The summed E-state index contributed by atoms with van der Waals surface area (Å²) in [7, 11) is 0. The van der Waals surface area contributed by atoms with Crippen molar-refractivity contribution < 1.29 is 42.8 Å². The van der Waals surface area contributed by atoms with Gasteiger partial charge in [-0.05, 0) is 18.1 Å². The lowest BCUT2D eigenvalue weighted by atomic mass is 9.95. The summed E-state index contributed by atoms with van der Waals surface area (Å²) in [5.74, 6) is -1.20. The standard InChI is InChI=1S/C35H40N2O9/c1-23(33(40)36-19-18-29(39)41-20-25-12-6-3-7-13-25)44-32-30(37-24(2)38)35(42-21-26-14-8-4-9-15-26)45-28-22-43-34(46-31(28)32)27-16-10-5-11-17-27/h3-17,23,28,30-32,34-35H,18-22H2,1-2H3,(H,36,40)(H,37,38)/t23-,28+,30+,31-,32-,34-,35-/m1/s1.